The molecule has 1 aliphatic rings. The van der Waals surface area contributed by atoms with E-state index in [0.717, 1.165) is 12.1 Å². The van der Waals surface area contributed by atoms with Crippen LogP contribution in [0.25, 0.3) is 11.6 Å². The molecule has 3 rings (SSSR count). The van der Waals surface area contributed by atoms with E-state index in [1.165, 1.54) is 22.4 Å². The summed E-state index contributed by atoms with van der Waals surface area (Å²) in [5.74, 6) is 0.0665. The van der Waals surface area contributed by atoms with Crippen LogP contribution in [-0.2, 0) is 11.3 Å². The Morgan fingerprint density at radius 3 is 2.52 bits per heavy atom. The van der Waals surface area contributed by atoms with Gasteiger partial charge in [0.25, 0.3) is 0 Å². The molecule has 0 atom stereocenters. The van der Waals surface area contributed by atoms with Crippen molar-refractivity contribution in [3.05, 3.63) is 77.4 Å². The quantitative estimate of drug-likeness (QED) is 0.690. The van der Waals surface area contributed by atoms with Crippen molar-refractivity contribution in [3.63, 3.8) is 0 Å². The van der Waals surface area contributed by atoms with E-state index in [1.54, 1.807) is 13.0 Å². The lowest BCUT2D eigenvalue weighted by atomic mass is 9.87. The van der Waals surface area contributed by atoms with Gasteiger partial charge in [0, 0.05) is 17.8 Å². The highest BCUT2D eigenvalue weighted by atomic mass is 16.1. The summed E-state index contributed by atoms with van der Waals surface area (Å²) in [6, 6.07) is 17.0. The monoisotopic (exact) mass is 331 g/mol. The minimum Gasteiger partial charge on any atom is -0.358 e. The molecule has 0 saturated heterocycles. The number of allylic oxidation sites excluding steroid dienone is 2. The fourth-order valence-corrected chi connectivity index (χ4v) is 3.47. The average Bonchev–Trinajstić information content (AvgIpc) is 2.57. The Bertz CT molecular complexity index is 844. The van der Waals surface area contributed by atoms with Gasteiger partial charge in [0.1, 0.15) is 0 Å². The lowest BCUT2D eigenvalue weighted by Crippen LogP contribution is -2.44. The van der Waals surface area contributed by atoms with Gasteiger partial charge in [0.05, 0.1) is 5.54 Å². The topological polar surface area (TPSA) is 20.3 Å². The molecule has 2 heteroatoms. The molecule has 0 N–H and O–H groups in total. The van der Waals surface area contributed by atoms with Gasteiger partial charge in [-0.25, -0.2) is 0 Å². The largest absolute Gasteiger partial charge is 0.358 e. The molecular formula is C23H25NO. The van der Waals surface area contributed by atoms with Crippen molar-refractivity contribution in [1.82, 2.24) is 0 Å². The fourth-order valence-electron chi connectivity index (χ4n) is 3.47. The van der Waals surface area contributed by atoms with Crippen molar-refractivity contribution in [2.75, 3.05) is 4.90 Å². The van der Waals surface area contributed by atoms with Crippen LogP contribution >= 0.6 is 0 Å². The molecule has 0 radical (unpaired) electrons. The number of carbonyl (C=O) groups excluding carboxylic acids is 1. The van der Waals surface area contributed by atoms with Crippen molar-refractivity contribution in [3.8, 4) is 0 Å². The van der Waals surface area contributed by atoms with Gasteiger partial charge >= 0.3 is 0 Å². The maximum Gasteiger partial charge on any atom is 0.152 e. The molecule has 0 spiro atoms. The lowest BCUT2D eigenvalue weighted by molar-refractivity contribution is -0.112. The summed E-state index contributed by atoms with van der Waals surface area (Å²) >= 11 is 0. The van der Waals surface area contributed by atoms with Crippen LogP contribution in [-0.4, -0.2) is 11.3 Å². The Kier molecular flexibility index (Phi) is 4.63. The lowest BCUT2D eigenvalue weighted by Gasteiger charge is -2.43. The van der Waals surface area contributed by atoms with E-state index in [2.05, 4.69) is 80.3 Å². The van der Waals surface area contributed by atoms with Crippen LogP contribution in [0, 0.1) is 0 Å². The molecule has 2 aromatic rings. The average molecular weight is 331 g/mol. The third-order valence-corrected chi connectivity index (χ3v) is 4.70. The van der Waals surface area contributed by atoms with Gasteiger partial charge in [-0.15, -0.1) is 0 Å². The molecule has 0 amide bonds. The Labute approximate surface area is 150 Å². The Morgan fingerprint density at radius 1 is 1.12 bits per heavy atom. The molecule has 0 fully saturated rings. The Balaban J connectivity index is 2.02. The van der Waals surface area contributed by atoms with E-state index in [9.17, 15) is 4.79 Å². The Hall–Kier alpha value is -2.61. The molecule has 128 valence electrons. The maximum absolute atomic E-state index is 11.2. The number of rotatable bonds is 4. The van der Waals surface area contributed by atoms with Crippen molar-refractivity contribution in [2.45, 2.75) is 39.8 Å². The molecule has 0 aliphatic carbocycles. The third-order valence-electron chi connectivity index (χ3n) is 4.70. The van der Waals surface area contributed by atoms with E-state index >= 15 is 0 Å². The summed E-state index contributed by atoms with van der Waals surface area (Å²) in [6.07, 6.45) is 5.84. The van der Waals surface area contributed by atoms with Crippen molar-refractivity contribution >= 4 is 23.1 Å². The van der Waals surface area contributed by atoms with Crippen molar-refractivity contribution in [2.24, 2.45) is 0 Å². The van der Waals surface area contributed by atoms with E-state index in [0.29, 0.717) is 0 Å². The summed E-state index contributed by atoms with van der Waals surface area (Å²) in [7, 11) is 0. The first-order valence-corrected chi connectivity index (χ1v) is 8.71. The number of hydrogen-bond acceptors (Lipinski definition) is 2. The van der Waals surface area contributed by atoms with Crippen LogP contribution < -0.4 is 4.90 Å². The van der Waals surface area contributed by atoms with Crippen LogP contribution in [0.3, 0.4) is 0 Å². The molecule has 0 unspecified atom stereocenters. The maximum atomic E-state index is 11.2. The number of benzene rings is 2. The summed E-state index contributed by atoms with van der Waals surface area (Å²) < 4.78 is 0. The van der Waals surface area contributed by atoms with Crippen molar-refractivity contribution < 1.29 is 4.79 Å². The minimum absolute atomic E-state index is 0.0519. The molecule has 25 heavy (non-hydrogen) atoms. The SMILES string of the molecule is CC(=O)/C=C/c1ccc2c(c1)C(C)=CC(C)(C)N2Cc1ccccc1. The van der Waals surface area contributed by atoms with Crippen LogP contribution in [0.2, 0.25) is 0 Å². The summed E-state index contributed by atoms with van der Waals surface area (Å²) in [5.41, 5.74) is 6.07. The zero-order chi connectivity index (χ0) is 18.0. The second-order valence-corrected chi connectivity index (χ2v) is 7.27. The highest BCUT2D eigenvalue weighted by molar-refractivity contribution is 5.92. The van der Waals surface area contributed by atoms with Gasteiger partial charge in [-0.2, -0.15) is 0 Å². The first kappa shape index (κ1) is 17.2. The standard InChI is InChI=1S/C23H25NO/c1-17-15-23(3,4)24(16-20-8-6-5-7-9-20)22-13-12-19(14-21(17)22)11-10-18(2)25/h5-15H,16H2,1-4H3/b11-10+. The fraction of sp³-hybridized carbons (Fsp3) is 0.261. The van der Waals surface area contributed by atoms with E-state index in [-0.39, 0.29) is 11.3 Å². The minimum atomic E-state index is -0.0519. The van der Waals surface area contributed by atoms with E-state index in [4.69, 9.17) is 0 Å². The van der Waals surface area contributed by atoms with Crippen LogP contribution in [0.5, 0.6) is 0 Å². The predicted octanol–water partition coefficient (Wildman–Crippen LogP) is 5.49. The number of nitrogens with zero attached hydrogens (tertiary/aromatic N) is 1. The molecule has 0 saturated carbocycles. The van der Waals surface area contributed by atoms with Crippen LogP contribution in [0.4, 0.5) is 5.69 Å². The van der Waals surface area contributed by atoms with Gasteiger partial charge in [-0.1, -0.05) is 48.6 Å². The summed E-state index contributed by atoms with van der Waals surface area (Å²) in [4.78, 5) is 13.7. The van der Waals surface area contributed by atoms with Gasteiger partial charge < -0.3 is 4.90 Å². The molecule has 1 aliphatic heterocycles. The number of carbonyl (C=O) groups is 1. The molecule has 2 aromatic carbocycles. The zero-order valence-electron chi connectivity index (χ0n) is 15.4. The summed E-state index contributed by atoms with van der Waals surface area (Å²) in [6.45, 7) is 9.12. The normalized spacial score (nSPS) is 15.8. The first-order chi connectivity index (χ1) is 11.9. The van der Waals surface area contributed by atoms with Gasteiger partial charge in [-0.05, 0) is 62.6 Å². The zero-order valence-corrected chi connectivity index (χ0v) is 15.4. The highest BCUT2D eigenvalue weighted by Crippen LogP contribution is 2.40. The van der Waals surface area contributed by atoms with Gasteiger partial charge in [0.2, 0.25) is 0 Å². The second-order valence-electron chi connectivity index (χ2n) is 7.27. The highest BCUT2D eigenvalue weighted by Gasteiger charge is 2.31. The van der Waals surface area contributed by atoms with E-state index in [1.807, 2.05) is 6.08 Å². The molecular weight excluding hydrogens is 306 g/mol. The number of hydrogen-bond donors (Lipinski definition) is 0. The molecule has 0 bridgehead atoms. The Morgan fingerprint density at radius 2 is 1.84 bits per heavy atom. The molecule has 1 heterocycles. The van der Waals surface area contributed by atoms with Gasteiger partial charge in [0.15, 0.2) is 5.78 Å². The second kappa shape index (κ2) is 6.72. The first-order valence-electron chi connectivity index (χ1n) is 8.71. The smallest absolute Gasteiger partial charge is 0.152 e. The number of anilines is 1. The van der Waals surface area contributed by atoms with Crippen LogP contribution in [0.15, 0.2) is 60.7 Å². The predicted molar refractivity (Wildman–Crippen MR) is 107 cm³/mol. The van der Waals surface area contributed by atoms with Gasteiger partial charge in [-0.3, -0.25) is 4.79 Å². The number of ketones is 1. The third kappa shape index (κ3) is 3.74. The molecule has 0 aromatic heterocycles. The molecule has 2 nitrogen and oxygen atoms in total. The van der Waals surface area contributed by atoms with Crippen LogP contribution in [0.1, 0.15) is 44.4 Å². The summed E-state index contributed by atoms with van der Waals surface area (Å²) in [5, 5.41) is 0. The van der Waals surface area contributed by atoms with E-state index < -0.39 is 0 Å². The number of fused-ring (bicyclic) bond motifs is 1. The van der Waals surface area contributed by atoms with Crippen molar-refractivity contribution in [1.29, 1.82) is 0 Å².